The molecule has 0 aliphatic carbocycles. The zero-order valence-electron chi connectivity index (χ0n) is 13.7. The fourth-order valence-electron chi connectivity index (χ4n) is 2.95. The molecule has 112 valence electrons. The highest BCUT2D eigenvalue weighted by molar-refractivity contribution is 6.92. The lowest BCUT2D eigenvalue weighted by molar-refractivity contribution is 0.0954. The molecule has 0 radical (unpaired) electrons. The normalized spacial score (nSPS) is 11.4. The van der Waals surface area contributed by atoms with Crippen molar-refractivity contribution in [1.29, 1.82) is 0 Å². The van der Waals surface area contributed by atoms with Gasteiger partial charge in [0.25, 0.3) is 5.91 Å². The lowest BCUT2D eigenvalue weighted by Crippen LogP contribution is -2.49. The summed E-state index contributed by atoms with van der Waals surface area (Å²) in [5, 5.41) is 4.40. The first-order valence-electron chi connectivity index (χ1n) is 7.93. The van der Waals surface area contributed by atoms with Crippen LogP contribution in [-0.4, -0.2) is 20.5 Å². The summed E-state index contributed by atoms with van der Waals surface area (Å²) in [6.45, 7) is 11.8. The van der Waals surface area contributed by atoms with Crippen LogP contribution in [0, 0.1) is 6.92 Å². The highest BCUT2D eigenvalue weighted by atomic mass is 28.3. The molecule has 3 heteroatoms. The minimum Gasteiger partial charge on any atom is -0.352 e. The van der Waals surface area contributed by atoms with Crippen LogP contribution in [0.25, 0.3) is 0 Å². The molecule has 0 saturated carbocycles. The minimum atomic E-state index is -1.53. The Morgan fingerprint density at radius 1 is 1.10 bits per heavy atom. The van der Waals surface area contributed by atoms with Gasteiger partial charge in [-0.3, -0.25) is 4.79 Å². The van der Waals surface area contributed by atoms with E-state index in [1.807, 2.05) is 6.07 Å². The van der Waals surface area contributed by atoms with E-state index in [2.05, 4.69) is 52.1 Å². The zero-order chi connectivity index (χ0) is 15.2. The second-order valence-corrected chi connectivity index (χ2v) is 10.9. The van der Waals surface area contributed by atoms with Crippen LogP contribution < -0.4 is 10.5 Å². The molecule has 1 aromatic rings. The molecule has 0 aromatic heterocycles. The molecule has 0 aliphatic rings. The summed E-state index contributed by atoms with van der Waals surface area (Å²) in [7, 11) is -1.53. The third-order valence-corrected chi connectivity index (χ3v) is 10.2. The fourth-order valence-corrected chi connectivity index (χ4v) is 6.89. The van der Waals surface area contributed by atoms with Crippen molar-refractivity contribution < 1.29 is 4.79 Å². The molecule has 0 unspecified atom stereocenters. The average molecular weight is 292 g/mol. The highest BCUT2D eigenvalue weighted by Crippen LogP contribution is 2.22. The van der Waals surface area contributed by atoms with Gasteiger partial charge in [0.15, 0.2) is 0 Å². The van der Waals surface area contributed by atoms with Gasteiger partial charge in [-0.25, -0.2) is 0 Å². The van der Waals surface area contributed by atoms with Crippen LogP contribution in [0.4, 0.5) is 0 Å². The van der Waals surface area contributed by atoms with Crippen molar-refractivity contribution in [3.05, 3.63) is 29.3 Å². The number of amides is 1. The number of nitrogens with one attached hydrogen (secondary N) is 1. The first kappa shape index (κ1) is 17.0. The molecule has 0 atom stereocenters. The first-order chi connectivity index (χ1) is 9.54. The predicted molar refractivity (Wildman–Crippen MR) is 90.6 cm³/mol. The van der Waals surface area contributed by atoms with Gasteiger partial charge < -0.3 is 5.32 Å². The first-order valence-corrected chi connectivity index (χ1v) is 10.6. The Morgan fingerprint density at radius 2 is 1.70 bits per heavy atom. The molecule has 0 saturated heterocycles. The Hall–Kier alpha value is -1.09. The van der Waals surface area contributed by atoms with Crippen LogP contribution in [-0.2, 0) is 0 Å². The molecule has 1 rings (SSSR count). The van der Waals surface area contributed by atoms with Gasteiger partial charge in [0.1, 0.15) is 0 Å². The fraction of sp³-hybridized carbons (Fsp3) is 0.588. The van der Waals surface area contributed by atoms with Crippen LogP contribution in [0.2, 0.25) is 18.1 Å². The number of aryl methyl sites for hydroxylation is 1. The van der Waals surface area contributed by atoms with Gasteiger partial charge in [-0.05, 0) is 24.6 Å². The van der Waals surface area contributed by atoms with Gasteiger partial charge in [0.05, 0.1) is 8.07 Å². The van der Waals surface area contributed by atoms with Crippen LogP contribution >= 0.6 is 0 Å². The van der Waals surface area contributed by atoms with E-state index in [0.717, 1.165) is 18.5 Å². The van der Waals surface area contributed by atoms with Crippen molar-refractivity contribution >= 4 is 19.2 Å². The number of benzene rings is 1. The van der Waals surface area contributed by atoms with Crippen LogP contribution in [0.15, 0.2) is 18.2 Å². The molecule has 2 nitrogen and oxygen atoms in total. The van der Waals surface area contributed by atoms with E-state index in [1.165, 1.54) is 28.9 Å². The predicted octanol–water partition coefficient (Wildman–Crippen LogP) is 3.85. The average Bonchev–Trinajstić information content (AvgIpc) is 2.47. The van der Waals surface area contributed by atoms with Crippen molar-refractivity contribution in [1.82, 2.24) is 5.32 Å². The minimum absolute atomic E-state index is 0.106. The van der Waals surface area contributed by atoms with Gasteiger partial charge in [-0.2, -0.15) is 0 Å². The summed E-state index contributed by atoms with van der Waals surface area (Å²) in [5.41, 5.74) is 2.18. The van der Waals surface area contributed by atoms with Crippen LogP contribution in [0.1, 0.15) is 50.0 Å². The summed E-state index contributed by atoms with van der Waals surface area (Å²) < 4.78 is 0. The van der Waals surface area contributed by atoms with E-state index in [0.29, 0.717) is 0 Å². The third-order valence-electron chi connectivity index (χ3n) is 4.56. The number of carbonyl (C=O) groups excluding carboxylic acids is 1. The molecule has 0 spiro atoms. The molecular weight excluding hydrogens is 262 g/mol. The molecule has 0 aliphatic heterocycles. The SMILES string of the molecule is CCCNC(=O)c1ccc(C)cc1[Si](CC)(CC)CC. The van der Waals surface area contributed by atoms with Gasteiger partial charge in [0, 0.05) is 12.1 Å². The van der Waals surface area contributed by atoms with E-state index in [4.69, 9.17) is 0 Å². The Labute approximate surface area is 125 Å². The third kappa shape index (κ3) is 3.51. The van der Waals surface area contributed by atoms with E-state index >= 15 is 0 Å². The quantitative estimate of drug-likeness (QED) is 0.760. The van der Waals surface area contributed by atoms with Crippen molar-refractivity contribution in [3.8, 4) is 0 Å². The highest BCUT2D eigenvalue weighted by Gasteiger charge is 2.32. The topological polar surface area (TPSA) is 29.1 Å². The van der Waals surface area contributed by atoms with Gasteiger partial charge in [-0.1, -0.05) is 63.5 Å². The van der Waals surface area contributed by atoms with Crippen molar-refractivity contribution in [2.45, 2.75) is 59.2 Å². The Bertz CT molecular complexity index is 444. The second-order valence-electron chi connectivity index (χ2n) is 5.65. The van der Waals surface area contributed by atoms with Crippen LogP contribution in [0.3, 0.4) is 0 Å². The summed E-state index contributed by atoms with van der Waals surface area (Å²) in [6.07, 6.45) is 0.977. The summed E-state index contributed by atoms with van der Waals surface area (Å²) in [5.74, 6) is 0.106. The summed E-state index contributed by atoms with van der Waals surface area (Å²) >= 11 is 0. The molecule has 1 aromatic carbocycles. The summed E-state index contributed by atoms with van der Waals surface area (Å²) in [6, 6.07) is 9.97. The molecule has 0 bridgehead atoms. The molecule has 0 heterocycles. The Balaban J connectivity index is 3.29. The number of hydrogen-bond acceptors (Lipinski definition) is 1. The van der Waals surface area contributed by atoms with Crippen molar-refractivity contribution in [3.63, 3.8) is 0 Å². The monoisotopic (exact) mass is 291 g/mol. The second kappa shape index (κ2) is 7.63. The zero-order valence-corrected chi connectivity index (χ0v) is 14.7. The van der Waals surface area contributed by atoms with Gasteiger partial charge in [0.2, 0.25) is 0 Å². The molecule has 1 N–H and O–H groups in total. The standard InChI is InChI=1S/C17H29NOSi/c1-6-12-18-17(19)15-11-10-14(5)13-16(15)20(7-2,8-3)9-4/h10-11,13H,6-9,12H2,1-5H3,(H,18,19). The van der Waals surface area contributed by atoms with Crippen LogP contribution in [0.5, 0.6) is 0 Å². The summed E-state index contributed by atoms with van der Waals surface area (Å²) in [4.78, 5) is 12.4. The molecular formula is C17H29NOSi. The van der Waals surface area contributed by atoms with Gasteiger partial charge >= 0.3 is 0 Å². The van der Waals surface area contributed by atoms with E-state index in [-0.39, 0.29) is 5.91 Å². The van der Waals surface area contributed by atoms with E-state index in [1.54, 1.807) is 0 Å². The maximum absolute atomic E-state index is 12.4. The maximum atomic E-state index is 12.4. The lowest BCUT2D eigenvalue weighted by atomic mass is 10.1. The number of rotatable bonds is 7. The maximum Gasteiger partial charge on any atom is 0.251 e. The van der Waals surface area contributed by atoms with Crippen molar-refractivity contribution in [2.75, 3.05) is 6.54 Å². The largest absolute Gasteiger partial charge is 0.352 e. The number of carbonyl (C=O) groups is 1. The Morgan fingerprint density at radius 3 is 2.20 bits per heavy atom. The Kier molecular flexibility index (Phi) is 6.47. The lowest BCUT2D eigenvalue weighted by Gasteiger charge is -2.31. The molecule has 20 heavy (non-hydrogen) atoms. The smallest absolute Gasteiger partial charge is 0.251 e. The van der Waals surface area contributed by atoms with Crippen molar-refractivity contribution in [2.24, 2.45) is 0 Å². The molecule has 0 fully saturated rings. The molecule has 1 amide bonds. The van der Waals surface area contributed by atoms with Gasteiger partial charge in [-0.15, -0.1) is 0 Å². The van der Waals surface area contributed by atoms with E-state index < -0.39 is 8.07 Å². The van der Waals surface area contributed by atoms with E-state index in [9.17, 15) is 4.79 Å². The number of hydrogen-bond donors (Lipinski definition) is 1.